The fraction of sp³-hybridized carbons (Fsp3) is 0.308. The SMILES string of the molecule is CCCCN(C(=O)CNc1ccc(C(=O)OCC)cc1)c1c(N)n(Cc2ccccc2)c(=O)[nH]c1=O. The maximum atomic E-state index is 13.2. The normalized spacial score (nSPS) is 10.6. The Kier molecular flexibility index (Phi) is 9.04. The van der Waals surface area contributed by atoms with Crippen LogP contribution in [0, 0.1) is 0 Å². The molecule has 0 radical (unpaired) electrons. The monoisotopic (exact) mass is 493 g/mol. The first-order valence-electron chi connectivity index (χ1n) is 11.8. The number of amides is 1. The van der Waals surface area contributed by atoms with E-state index in [0.717, 1.165) is 12.0 Å². The standard InChI is InChI=1S/C26H31N5O5/c1-3-5-15-30(21(32)16-28-20-13-11-19(12-14-20)25(34)36-4-2)22-23(27)31(26(35)29-24(22)33)17-18-9-7-6-8-10-18/h6-14,28H,3-5,15-17,27H2,1-2H3,(H,29,33,35). The first-order valence-corrected chi connectivity index (χ1v) is 11.8. The molecular formula is C26H31N5O5. The molecule has 0 fully saturated rings. The Morgan fingerprint density at radius 2 is 1.75 bits per heavy atom. The molecule has 0 bridgehead atoms. The van der Waals surface area contributed by atoms with Crippen LogP contribution in [0.2, 0.25) is 0 Å². The predicted octanol–water partition coefficient (Wildman–Crippen LogP) is 2.59. The predicted molar refractivity (Wildman–Crippen MR) is 139 cm³/mol. The van der Waals surface area contributed by atoms with E-state index < -0.39 is 17.2 Å². The van der Waals surface area contributed by atoms with E-state index in [0.29, 0.717) is 17.7 Å². The number of benzene rings is 2. The van der Waals surface area contributed by atoms with Gasteiger partial charge in [0.15, 0.2) is 5.69 Å². The van der Waals surface area contributed by atoms with Gasteiger partial charge in [0.05, 0.1) is 25.3 Å². The van der Waals surface area contributed by atoms with Gasteiger partial charge in [-0.25, -0.2) is 9.59 Å². The minimum Gasteiger partial charge on any atom is -0.462 e. The second-order valence-electron chi connectivity index (χ2n) is 8.12. The number of ether oxygens (including phenoxy) is 1. The lowest BCUT2D eigenvalue weighted by Crippen LogP contribution is -2.43. The topological polar surface area (TPSA) is 140 Å². The van der Waals surface area contributed by atoms with Crippen molar-refractivity contribution in [1.82, 2.24) is 9.55 Å². The first-order chi connectivity index (χ1) is 17.3. The summed E-state index contributed by atoms with van der Waals surface area (Å²) in [5.74, 6) is -0.887. The van der Waals surface area contributed by atoms with Gasteiger partial charge in [-0.3, -0.25) is 19.1 Å². The molecule has 2 aromatic carbocycles. The van der Waals surface area contributed by atoms with Gasteiger partial charge in [-0.1, -0.05) is 43.7 Å². The average Bonchev–Trinajstić information content (AvgIpc) is 2.88. The third-order valence-corrected chi connectivity index (χ3v) is 5.54. The maximum Gasteiger partial charge on any atom is 0.338 e. The summed E-state index contributed by atoms with van der Waals surface area (Å²) in [4.78, 5) is 54.0. The first kappa shape index (κ1) is 26.3. The van der Waals surface area contributed by atoms with E-state index in [2.05, 4.69) is 10.3 Å². The number of carbonyl (C=O) groups is 2. The minimum atomic E-state index is -0.718. The van der Waals surface area contributed by atoms with Crippen LogP contribution < -0.4 is 27.2 Å². The van der Waals surface area contributed by atoms with E-state index >= 15 is 0 Å². The number of esters is 1. The number of rotatable bonds is 11. The van der Waals surface area contributed by atoms with Crippen LogP contribution in [0.4, 0.5) is 17.2 Å². The number of aromatic nitrogens is 2. The number of nitrogen functional groups attached to an aromatic ring is 1. The molecule has 36 heavy (non-hydrogen) atoms. The van der Waals surface area contributed by atoms with Crippen molar-refractivity contribution in [2.45, 2.75) is 33.2 Å². The summed E-state index contributed by atoms with van der Waals surface area (Å²) in [5.41, 5.74) is 6.73. The average molecular weight is 494 g/mol. The number of hydrogen-bond acceptors (Lipinski definition) is 7. The number of nitrogens with one attached hydrogen (secondary N) is 2. The van der Waals surface area contributed by atoms with Gasteiger partial charge in [-0.15, -0.1) is 0 Å². The molecule has 0 aliphatic carbocycles. The number of aromatic amines is 1. The highest BCUT2D eigenvalue weighted by Crippen LogP contribution is 2.19. The van der Waals surface area contributed by atoms with Crippen molar-refractivity contribution >= 4 is 29.1 Å². The van der Waals surface area contributed by atoms with Crippen LogP contribution in [0.5, 0.6) is 0 Å². The second-order valence-corrected chi connectivity index (χ2v) is 8.12. The molecule has 0 saturated carbocycles. The molecule has 0 aliphatic rings. The molecule has 1 amide bonds. The Hall–Kier alpha value is -4.34. The van der Waals surface area contributed by atoms with E-state index in [-0.39, 0.29) is 43.7 Å². The van der Waals surface area contributed by atoms with Gasteiger partial charge in [0, 0.05) is 12.2 Å². The van der Waals surface area contributed by atoms with Crippen LogP contribution in [0.3, 0.4) is 0 Å². The summed E-state index contributed by atoms with van der Waals surface area (Å²) in [6.45, 7) is 4.26. The number of nitrogens with two attached hydrogens (primary N) is 1. The third-order valence-electron chi connectivity index (χ3n) is 5.54. The molecule has 0 unspecified atom stereocenters. The molecule has 0 spiro atoms. The van der Waals surface area contributed by atoms with Gasteiger partial charge in [0.25, 0.3) is 5.56 Å². The number of carbonyl (C=O) groups excluding carboxylic acids is 2. The maximum absolute atomic E-state index is 13.2. The van der Waals surface area contributed by atoms with E-state index in [9.17, 15) is 19.2 Å². The van der Waals surface area contributed by atoms with Crippen LogP contribution >= 0.6 is 0 Å². The summed E-state index contributed by atoms with van der Waals surface area (Å²) in [6, 6.07) is 15.7. The Bertz CT molecular complexity index is 1300. The lowest BCUT2D eigenvalue weighted by Gasteiger charge is -2.25. The summed E-state index contributed by atoms with van der Waals surface area (Å²) < 4.78 is 6.22. The molecule has 0 aliphatic heterocycles. The van der Waals surface area contributed by atoms with Crippen molar-refractivity contribution in [3.63, 3.8) is 0 Å². The van der Waals surface area contributed by atoms with Gasteiger partial charge in [0.1, 0.15) is 5.82 Å². The molecule has 1 aromatic heterocycles. The Morgan fingerprint density at radius 3 is 2.39 bits per heavy atom. The van der Waals surface area contributed by atoms with Gasteiger partial charge in [0.2, 0.25) is 5.91 Å². The van der Waals surface area contributed by atoms with Crippen LogP contribution in [-0.2, 0) is 16.1 Å². The zero-order valence-electron chi connectivity index (χ0n) is 20.5. The number of H-pyrrole nitrogens is 1. The van der Waals surface area contributed by atoms with Gasteiger partial charge in [-0.2, -0.15) is 0 Å². The van der Waals surface area contributed by atoms with Crippen LogP contribution in [0.25, 0.3) is 0 Å². The van der Waals surface area contributed by atoms with Crippen LogP contribution in [-0.4, -0.2) is 41.1 Å². The second kappa shape index (κ2) is 12.4. The van der Waals surface area contributed by atoms with E-state index in [1.807, 2.05) is 37.3 Å². The molecule has 10 nitrogen and oxygen atoms in total. The fourth-order valence-corrected chi connectivity index (χ4v) is 3.65. The summed E-state index contributed by atoms with van der Waals surface area (Å²) >= 11 is 0. The summed E-state index contributed by atoms with van der Waals surface area (Å²) in [7, 11) is 0. The van der Waals surface area contributed by atoms with Crippen molar-refractivity contribution in [3.05, 3.63) is 86.6 Å². The highest BCUT2D eigenvalue weighted by atomic mass is 16.5. The van der Waals surface area contributed by atoms with Gasteiger partial charge >= 0.3 is 11.7 Å². The lowest BCUT2D eigenvalue weighted by molar-refractivity contribution is -0.117. The van der Waals surface area contributed by atoms with Gasteiger partial charge < -0.3 is 20.7 Å². The van der Waals surface area contributed by atoms with Crippen LogP contribution in [0.1, 0.15) is 42.6 Å². The van der Waals surface area contributed by atoms with Gasteiger partial charge in [-0.05, 0) is 43.2 Å². The Balaban J connectivity index is 1.84. The third kappa shape index (κ3) is 6.41. The van der Waals surface area contributed by atoms with Crippen molar-refractivity contribution < 1.29 is 14.3 Å². The zero-order valence-corrected chi connectivity index (χ0v) is 20.5. The quantitative estimate of drug-likeness (QED) is 0.349. The number of anilines is 3. The highest BCUT2D eigenvalue weighted by Gasteiger charge is 2.24. The number of unbranched alkanes of at least 4 members (excludes halogenated alkanes) is 1. The highest BCUT2D eigenvalue weighted by molar-refractivity contribution is 5.98. The van der Waals surface area contributed by atoms with E-state index in [1.54, 1.807) is 31.2 Å². The molecule has 3 rings (SSSR count). The van der Waals surface area contributed by atoms with Crippen LogP contribution in [0.15, 0.2) is 64.2 Å². The summed E-state index contributed by atoms with van der Waals surface area (Å²) in [5, 5.41) is 3.01. The lowest BCUT2D eigenvalue weighted by atomic mass is 10.2. The van der Waals surface area contributed by atoms with E-state index in [1.165, 1.54) is 9.47 Å². The zero-order chi connectivity index (χ0) is 26.1. The smallest absolute Gasteiger partial charge is 0.338 e. The number of hydrogen-bond donors (Lipinski definition) is 3. The molecule has 190 valence electrons. The molecule has 3 aromatic rings. The fourth-order valence-electron chi connectivity index (χ4n) is 3.65. The molecule has 0 saturated heterocycles. The van der Waals surface area contributed by atoms with Crippen molar-refractivity contribution in [2.24, 2.45) is 0 Å². The van der Waals surface area contributed by atoms with Crippen molar-refractivity contribution in [2.75, 3.05) is 35.6 Å². The molecule has 1 heterocycles. The van der Waals surface area contributed by atoms with Crippen molar-refractivity contribution in [1.29, 1.82) is 0 Å². The van der Waals surface area contributed by atoms with E-state index in [4.69, 9.17) is 10.5 Å². The molecule has 4 N–H and O–H groups in total. The Labute approximate surface area is 208 Å². The number of nitrogens with zero attached hydrogens (tertiary/aromatic N) is 2. The van der Waals surface area contributed by atoms with Crippen molar-refractivity contribution in [3.8, 4) is 0 Å². The summed E-state index contributed by atoms with van der Waals surface area (Å²) in [6.07, 6.45) is 1.42. The largest absolute Gasteiger partial charge is 0.462 e. The minimum absolute atomic E-state index is 0.0524. The Morgan fingerprint density at radius 1 is 1.06 bits per heavy atom. The molecular weight excluding hydrogens is 462 g/mol. The molecule has 0 atom stereocenters. The molecule has 10 heteroatoms.